The maximum absolute atomic E-state index is 11.6. The molecule has 2 heterocycles. The second-order valence-corrected chi connectivity index (χ2v) is 4.50. The molecule has 1 atom stereocenters. The number of aryl methyl sites for hydroxylation is 1. The topological polar surface area (TPSA) is 80.5 Å². The predicted molar refractivity (Wildman–Crippen MR) is 62.6 cm³/mol. The van der Waals surface area contributed by atoms with E-state index < -0.39 is 0 Å². The van der Waals surface area contributed by atoms with Crippen LogP contribution in [-0.4, -0.2) is 41.3 Å². The van der Waals surface area contributed by atoms with E-state index in [-0.39, 0.29) is 6.03 Å². The molecule has 1 unspecified atom stereocenters. The smallest absolute Gasteiger partial charge is 0.340 e. The molecule has 0 bridgehead atoms. The third-order valence-electron chi connectivity index (χ3n) is 3.04. The van der Waals surface area contributed by atoms with E-state index in [1.165, 1.54) is 7.11 Å². The first-order chi connectivity index (χ1) is 8.69. The molecule has 1 N–H and O–H groups in total. The lowest BCUT2D eigenvalue weighted by molar-refractivity contribution is 0.0770. The third-order valence-corrected chi connectivity index (χ3v) is 3.04. The van der Waals surface area contributed by atoms with Gasteiger partial charge in [0.15, 0.2) is 5.82 Å². The van der Waals surface area contributed by atoms with Gasteiger partial charge in [0.05, 0.1) is 7.11 Å². The van der Waals surface area contributed by atoms with Gasteiger partial charge in [-0.15, -0.1) is 0 Å². The van der Waals surface area contributed by atoms with Crippen molar-refractivity contribution in [3.05, 3.63) is 11.7 Å². The fourth-order valence-corrected chi connectivity index (χ4v) is 2.25. The Bertz CT molecular complexity index is 407. The van der Waals surface area contributed by atoms with Gasteiger partial charge in [-0.05, 0) is 18.8 Å². The van der Waals surface area contributed by atoms with E-state index in [1.807, 2.05) is 0 Å². The van der Waals surface area contributed by atoms with Crippen molar-refractivity contribution >= 4 is 6.03 Å². The van der Waals surface area contributed by atoms with Crippen molar-refractivity contribution in [2.75, 3.05) is 20.2 Å². The highest BCUT2D eigenvalue weighted by atomic mass is 16.6. The van der Waals surface area contributed by atoms with Gasteiger partial charge in [0.25, 0.3) is 0 Å². The lowest BCUT2D eigenvalue weighted by Gasteiger charge is -2.31. The summed E-state index contributed by atoms with van der Waals surface area (Å²) in [6, 6.07) is -0.188. The van der Waals surface area contributed by atoms with Crippen LogP contribution in [0.3, 0.4) is 0 Å². The molecule has 7 nitrogen and oxygen atoms in total. The van der Waals surface area contributed by atoms with Crippen LogP contribution in [0.1, 0.15) is 24.6 Å². The molecule has 2 amide bonds. The minimum Gasteiger partial charge on any atom is -0.340 e. The van der Waals surface area contributed by atoms with Crippen LogP contribution in [0.4, 0.5) is 4.79 Å². The molecule has 1 aliphatic heterocycles. The number of carbonyl (C=O) groups is 1. The summed E-state index contributed by atoms with van der Waals surface area (Å²) in [6.45, 7) is 3.23. The second-order valence-electron chi connectivity index (χ2n) is 4.50. The van der Waals surface area contributed by atoms with Crippen molar-refractivity contribution in [3.8, 4) is 0 Å². The van der Waals surface area contributed by atoms with Crippen LogP contribution < -0.4 is 5.48 Å². The Morgan fingerprint density at radius 3 is 3.17 bits per heavy atom. The lowest BCUT2D eigenvalue weighted by atomic mass is 9.95. The number of hydrogen-bond acceptors (Lipinski definition) is 5. The molecule has 100 valence electrons. The quantitative estimate of drug-likeness (QED) is 0.811. The molecule has 1 aromatic rings. The monoisotopic (exact) mass is 254 g/mol. The number of piperidine rings is 1. The number of hydrogen-bond donors (Lipinski definition) is 1. The number of likely N-dealkylation sites (tertiary alicyclic amines) is 1. The van der Waals surface area contributed by atoms with E-state index in [9.17, 15) is 4.79 Å². The van der Waals surface area contributed by atoms with E-state index in [2.05, 4.69) is 20.5 Å². The molecule has 0 aromatic carbocycles. The van der Waals surface area contributed by atoms with Crippen molar-refractivity contribution in [1.29, 1.82) is 0 Å². The van der Waals surface area contributed by atoms with Gasteiger partial charge in [-0.3, -0.25) is 4.84 Å². The number of rotatable bonds is 3. The molecular formula is C11H18N4O3. The predicted octanol–water partition coefficient (Wildman–Crippen LogP) is 0.904. The van der Waals surface area contributed by atoms with Gasteiger partial charge in [0, 0.05) is 26.4 Å². The van der Waals surface area contributed by atoms with Gasteiger partial charge >= 0.3 is 6.03 Å². The fourth-order valence-electron chi connectivity index (χ4n) is 2.25. The second kappa shape index (κ2) is 5.81. The molecule has 0 spiro atoms. The highest BCUT2D eigenvalue weighted by Gasteiger charge is 2.24. The summed E-state index contributed by atoms with van der Waals surface area (Å²) in [5.74, 6) is 1.67. The van der Waals surface area contributed by atoms with Gasteiger partial charge in [-0.25, -0.2) is 10.3 Å². The molecule has 1 aliphatic rings. The summed E-state index contributed by atoms with van der Waals surface area (Å²) >= 11 is 0. The van der Waals surface area contributed by atoms with Crippen molar-refractivity contribution in [2.24, 2.45) is 5.92 Å². The standard InChI is InChI=1S/C11H18N4O3/c1-8-12-10(13-18-8)6-9-4-3-5-15(7-9)11(16)14-17-2/h9H,3-7H2,1-2H3,(H,14,16). The summed E-state index contributed by atoms with van der Waals surface area (Å²) < 4.78 is 4.94. The average Bonchev–Trinajstić information content (AvgIpc) is 2.75. The molecule has 1 aromatic heterocycles. The zero-order valence-electron chi connectivity index (χ0n) is 10.7. The number of nitrogens with zero attached hydrogens (tertiary/aromatic N) is 3. The summed E-state index contributed by atoms with van der Waals surface area (Å²) in [4.78, 5) is 22.2. The first kappa shape index (κ1) is 12.8. The number of hydroxylamine groups is 1. The van der Waals surface area contributed by atoms with Crippen molar-refractivity contribution in [2.45, 2.75) is 26.2 Å². The van der Waals surface area contributed by atoms with E-state index in [4.69, 9.17) is 4.52 Å². The van der Waals surface area contributed by atoms with Crippen molar-refractivity contribution in [3.63, 3.8) is 0 Å². The van der Waals surface area contributed by atoms with Crippen LogP contribution in [0, 0.1) is 12.8 Å². The number of nitrogens with one attached hydrogen (secondary N) is 1. The average molecular weight is 254 g/mol. The molecule has 2 rings (SSSR count). The van der Waals surface area contributed by atoms with Gasteiger partial charge in [-0.2, -0.15) is 4.98 Å². The number of urea groups is 1. The first-order valence-electron chi connectivity index (χ1n) is 6.06. The molecule has 0 saturated carbocycles. The molecule has 7 heteroatoms. The summed E-state index contributed by atoms with van der Waals surface area (Å²) in [5, 5.41) is 3.89. The van der Waals surface area contributed by atoms with E-state index in [1.54, 1.807) is 11.8 Å². The molecular weight excluding hydrogens is 236 g/mol. The van der Waals surface area contributed by atoms with Crippen LogP contribution >= 0.6 is 0 Å². The van der Waals surface area contributed by atoms with Gasteiger partial charge < -0.3 is 9.42 Å². The Labute approximate surface area is 105 Å². The Balaban J connectivity index is 1.88. The largest absolute Gasteiger partial charge is 0.341 e. The molecule has 0 radical (unpaired) electrons. The number of amides is 2. The highest BCUT2D eigenvalue weighted by molar-refractivity contribution is 5.73. The number of carbonyl (C=O) groups excluding carboxylic acids is 1. The Kier molecular flexibility index (Phi) is 4.14. The van der Waals surface area contributed by atoms with Crippen LogP contribution in [0.15, 0.2) is 4.52 Å². The summed E-state index contributed by atoms with van der Waals surface area (Å²) in [5.41, 5.74) is 2.34. The Hall–Kier alpha value is -1.63. The zero-order chi connectivity index (χ0) is 13.0. The summed E-state index contributed by atoms with van der Waals surface area (Å²) in [7, 11) is 1.43. The Morgan fingerprint density at radius 2 is 2.50 bits per heavy atom. The van der Waals surface area contributed by atoms with Gasteiger partial charge in [-0.1, -0.05) is 5.16 Å². The lowest BCUT2D eigenvalue weighted by Crippen LogP contribution is -2.45. The van der Waals surface area contributed by atoms with E-state index >= 15 is 0 Å². The highest BCUT2D eigenvalue weighted by Crippen LogP contribution is 2.19. The third kappa shape index (κ3) is 3.19. The van der Waals surface area contributed by atoms with Gasteiger partial charge in [0.2, 0.25) is 5.89 Å². The maximum atomic E-state index is 11.6. The first-order valence-corrected chi connectivity index (χ1v) is 6.06. The van der Waals surface area contributed by atoms with Crippen molar-refractivity contribution < 1.29 is 14.2 Å². The molecule has 0 aliphatic carbocycles. The normalized spacial score (nSPS) is 19.9. The zero-order valence-corrected chi connectivity index (χ0v) is 10.7. The maximum Gasteiger partial charge on any atom is 0.341 e. The Morgan fingerprint density at radius 1 is 1.67 bits per heavy atom. The van der Waals surface area contributed by atoms with E-state index in [0.29, 0.717) is 24.2 Å². The molecule has 1 fully saturated rings. The fraction of sp³-hybridized carbons (Fsp3) is 0.727. The SMILES string of the molecule is CONC(=O)N1CCCC(Cc2noc(C)n2)C1. The summed E-state index contributed by atoms with van der Waals surface area (Å²) in [6.07, 6.45) is 2.80. The minimum atomic E-state index is -0.188. The molecule has 1 saturated heterocycles. The van der Waals surface area contributed by atoms with Crippen molar-refractivity contribution in [1.82, 2.24) is 20.5 Å². The molecule has 18 heavy (non-hydrogen) atoms. The van der Waals surface area contributed by atoms with Crippen LogP contribution in [-0.2, 0) is 11.3 Å². The number of aromatic nitrogens is 2. The van der Waals surface area contributed by atoms with Crippen LogP contribution in [0.2, 0.25) is 0 Å². The van der Waals surface area contributed by atoms with Crippen LogP contribution in [0.5, 0.6) is 0 Å². The van der Waals surface area contributed by atoms with Crippen LogP contribution in [0.25, 0.3) is 0 Å². The van der Waals surface area contributed by atoms with E-state index in [0.717, 1.165) is 25.8 Å². The van der Waals surface area contributed by atoms with Gasteiger partial charge in [0.1, 0.15) is 0 Å². The minimum absolute atomic E-state index is 0.188.